The lowest BCUT2D eigenvalue weighted by atomic mass is 9.97. The third-order valence-corrected chi connectivity index (χ3v) is 3.56. The minimum atomic E-state index is -1.15. The van der Waals surface area contributed by atoms with Gasteiger partial charge in [-0.2, -0.15) is 0 Å². The van der Waals surface area contributed by atoms with E-state index in [0.29, 0.717) is 6.42 Å². The van der Waals surface area contributed by atoms with Crippen LogP contribution in [0.25, 0.3) is 11.1 Å². The van der Waals surface area contributed by atoms with Gasteiger partial charge in [0, 0.05) is 0 Å². The fourth-order valence-corrected chi connectivity index (χ4v) is 2.07. The lowest BCUT2D eigenvalue weighted by Crippen LogP contribution is -2.54. The van der Waals surface area contributed by atoms with Gasteiger partial charge in [0.15, 0.2) is 0 Å². The third kappa shape index (κ3) is 2.55. The average molecular weight is 295 g/mol. The Morgan fingerprint density at radius 1 is 1.48 bits per heavy atom. The maximum absolute atomic E-state index is 12.4. The maximum Gasteiger partial charge on any atom is 0.262 e. The van der Waals surface area contributed by atoms with E-state index >= 15 is 0 Å². The summed E-state index contributed by atoms with van der Waals surface area (Å²) in [6.45, 7) is 2.42. The quantitative estimate of drug-likeness (QED) is 0.599. The van der Waals surface area contributed by atoms with Gasteiger partial charge in [-0.3, -0.25) is 9.59 Å². The number of H-pyrrole nitrogens is 1. The zero-order chi connectivity index (χ0) is 15.6. The summed E-state index contributed by atoms with van der Waals surface area (Å²) in [6.07, 6.45) is 1.52. The molecule has 2 aromatic heterocycles. The molecule has 2 heterocycles. The molecule has 0 spiro atoms. The van der Waals surface area contributed by atoms with Gasteiger partial charge in [-0.25, -0.2) is 4.98 Å². The number of amides is 1. The van der Waals surface area contributed by atoms with Crippen molar-refractivity contribution < 1.29 is 19.4 Å². The molecule has 0 saturated carbocycles. The SMILES string of the molecule is CCC(CO)(CO)NC(=O)c1c(C)oc2nc[nH]c(=O)c12. The highest BCUT2D eigenvalue weighted by atomic mass is 16.3. The minimum Gasteiger partial charge on any atom is -0.442 e. The molecule has 0 radical (unpaired) electrons. The van der Waals surface area contributed by atoms with Crippen molar-refractivity contribution in [3.05, 3.63) is 28.0 Å². The van der Waals surface area contributed by atoms with E-state index in [1.807, 2.05) is 0 Å². The molecule has 0 aromatic carbocycles. The summed E-state index contributed by atoms with van der Waals surface area (Å²) < 4.78 is 5.30. The van der Waals surface area contributed by atoms with E-state index in [0.717, 1.165) is 0 Å². The van der Waals surface area contributed by atoms with E-state index < -0.39 is 30.2 Å². The monoisotopic (exact) mass is 295 g/mol. The summed E-state index contributed by atoms with van der Waals surface area (Å²) in [4.78, 5) is 30.5. The van der Waals surface area contributed by atoms with E-state index in [9.17, 15) is 19.8 Å². The van der Waals surface area contributed by atoms with Crippen LogP contribution in [0.5, 0.6) is 0 Å². The zero-order valence-corrected chi connectivity index (χ0v) is 11.8. The van der Waals surface area contributed by atoms with E-state index in [1.54, 1.807) is 13.8 Å². The predicted octanol–water partition coefficient (Wildman–Crippen LogP) is -0.312. The summed E-state index contributed by atoms with van der Waals surface area (Å²) in [5.74, 6) is -0.359. The molecular weight excluding hydrogens is 278 g/mol. The number of hydrogen-bond acceptors (Lipinski definition) is 6. The number of carbonyl (C=O) groups excluding carboxylic acids is 1. The summed E-state index contributed by atoms with van der Waals surface area (Å²) in [5, 5.41) is 21.4. The summed E-state index contributed by atoms with van der Waals surface area (Å²) in [5.41, 5.74) is -1.52. The number of aliphatic hydroxyl groups excluding tert-OH is 2. The van der Waals surface area contributed by atoms with Gasteiger partial charge in [0.25, 0.3) is 11.5 Å². The van der Waals surface area contributed by atoms with Crippen molar-refractivity contribution in [2.45, 2.75) is 25.8 Å². The largest absolute Gasteiger partial charge is 0.442 e. The first-order chi connectivity index (χ1) is 9.98. The maximum atomic E-state index is 12.4. The van der Waals surface area contributed by atoms with Crippen molar-refractivity contribution >= 4 is 17.0 Å². The molecule has 8 nitrogen and oxygen atoms in total. The van der Waals surface area contributed by atoms with Gasteiger partial charge >= 0.3 is 0 Å². The van der Waals surface area contributed by atoms with Crippen LogP contribution in [0.15, 0.2) is 15.5 Å². The third-order valence-electron chi connectivity index (χ3n) is 3.56. The second-order valence-corrected chi connectivity index (χ2v) is 4.85. The number of nitrogens with one attached hydrogen (secondary N) is 2. The van der Waals surface area contributed by atoms with Crippen molar-refractivity contribution in [2.24, 2.45) is 0 Å². The second kappa shape index (κ2) is 5.66. The number of nitrogens with zero attached hydrogens (tertiary/aromatic N) is 1. The smallest absolute Gasteiger partial charge is 0.262 e. The Balaban J connectivity index is 2.49. The van der Waals surface area contributed by atoms with Gasteiger partial charge in [-0.1, -0.05) is 6.92 Å². The lowest BCUT2D eigenvalue weighted by Gasteiger charge is -2.29. The fourth-order valence-electron chi connectivity index (χ4n) is 2.07. The average Bonchev–Trinajstić information content (AvgIpc) is 2.82. The van der Waals surface area contributed by atoms with E-state index in [-0.39, 0.29) is 22.4 Å². The van der Waals surface area contributed by atoms with Gasteiger partial charge in [0.2, 0.25) is 5.71 Å². The normalized spacial score (nSPS) is 11.8. The lowest BCUT2D eigenvalue weighted by molar-refractivity contribution is 0.0653. The van der Waals surface area contributed by atoms with E-state index in [2.05, 4.69) is 15.3 Å². The van der Waals surface area contributed by atoms with Crippen molar-refractivity contribution in [1.29, 1.82) is 0 Å². The van der Waals surface area contributed by atoms with Crippen molar-refractivity contribution in [3.63, 3.8) is 0 Å². The number of furan rings is 1. The molecular formula is C13H17N3O5. The Kier molecular flexibility index (Phi) is 4.10. The van der Waals surface area contributed by atoms with Crippen LogP contribution >= 0.6 is 0 Å². The molecule has 21 heavy (non-hydrogen) atoms. The molecule has 0 saturated heterocycles. The Hall–Kier alpha value is -2.19. The number of fused-ring (bicyclic) bond motifs is 1. The highest BCUT2D eigenvalue weighted by Crippen LogP contribution is 2.21. The topological polar surface area (TPSA) is 128 Å². The molecule has 0 fully saturated rings. The van der Waals surface area contributed by atoms with Crippen LogP contribution in [0, 0.1) is 6.92 Å². The molecule has 0 unspecified atom stereocenters. The van der Waals surface area contributed by atoms with Crippen LogP contribution in [0.2, 0.25) is 0 Å². The van der Waals surface area contributed by atoms with Crippen molar-refractivity contribution in [3.8, 4) is 0 Å². The fraction of sp³-hybridized carbons (Fsp3) is 0.462. The molecule has 2 aromatic rings. The van der Waals surface area contributed by atoms with Gasteiger partial charge in [0.1, 0.15) is 11.1 Å². The summed E-state index contributed by atoms with van der Waals surface area (Å²) in [6, 6.07) is 0. The first-order valence-corrected chi connectivity index (χ1v) is 6.49. The number of aryl methyl sites for hydroxylation is 1. The van der Waals surface area contributed by atoms with Gasteiger partial charge < -0.3 is 24.9 Å². The van der Waals surface area contributed by atoms with Gasteiger partial charge in [-0.15, -0.1) is 0 Å². The molecule has 4 N–H and O–H groups in total. The minimum absolute atomic E-state index is 0.0494. The van der Waals surface area contributed by atoms with E-state index in [1.165, 1.54) is 6.33 Å². The highest BCUT2D eigenvalue weighted by Gasteiger charge is 2.31. The van der Waals surface area contributed by atoms with Crippen LogP contribution in [0.1, 0.15) is 29.5 Å². The summed E-state index contributed by atoms with van der Waals surface area (Å²) >= 11 is 0. The standard InChI is InChI=1S/C13H17N3O5/c1-3-13(4-17,5-18)16-11(20)8-7(2)21-12-9(8)10(19)14-6-15-12/h6,17-18H,3-5H2,1-2H3,(H,16,20)(H,14,15,19). The van der Waals surface area contributed by atoms with Crippen LogP contribution < -0.4 is 10.9 Å². The van der Waals surface area contributed by atoms with Crippen LogP contribution in [0.4, 0.5) is 0 Å². The molecule has 0 bridgehead atoms. The molecule has 0 atom stereocenters. The predicted molar refractivity (Wildman–Crippen MR) is 74.0 cm³/mol. The first kappa shape index (κ1) is 15.2. The Morgan fingerprint density at radius 3 is 2.71 bits per heavy atom. The number of aromatic amines is 1. The molecule has 8 heteroatoms. The van der Waals surface area contributed by atoms with Crippen LogP contribution in [0.3, 0.4) is 0 Å². The number of aliphatic hydroxyl groups is 2. The molecule has 0 aliphatic rings. The number of carbonyl (C=O) groups is 1. The molecule has 0 aliphatic heterocycles. The summed E-state index contributed by atoms with van der Waals surface area (Å²) in [7, 11) is 0. The Labute approximate surface area is 119 Å². The second-order valence-electron chi connectivity index (χ2n) is 4.85. The molecule has 2 rings (SSSR count). The van der Waals surface area contributed by atoms with E-state index in [4.69, 9.17) is 4.42 Å². The highest BCUT2D eigenvalue weighted by molar-refractivity contribution is 6.06. The Bertz CT molecular complexity index is 706. The number of aromatic nitrogens is 2. The van der Waals surface area contributed by atoms with Crippen LogP contribution in [-0.2, 0) is 0 Å². The van der Waals surface area contributed by atoms with Crippen molar-refractivity contribution in [2.75, 3.05) is 13.2 Å². The Morgan fingerprint density at radius 2 is 2.14 bits per heavy atom. The van der Waals surface area contributed by atoms with Gasteiger partial charge in [0.05, 0.1) is 30.6 Å². The van der Waals surface area contributed by atoms with Crippen molar-refractivity contribution in [1.82, 2.24) is 15.3 Å². The molecule has 114 valence electrons. The molecule has 1 amide bonds. The van der Waals surface area contributed by atoms with Crippen LogP contribution in [-0.4, -0.2) is 44.8 Å². The van der Waals surface area contributed by atoms with Gasteiger partial charge in [-0.05, 0) is 13.3 Å². The molecule has 0 aliphatic carbocycles. The first-order valence-electron chi connectivity index (χ1n) is 6.49. The zero-order valence-electron chi connectivity index (χ0n) is 11.8. The number of rotatable bonds is 5. The number of hydrogen-bond donors (Lipinski definition) is 4.